The Balaban J connectivity index is 1.36. The molecule has 2 N–H and O–H groups in total. The number of hydrogen-bond acceptors (Lipinski definition) is 2. The van der Waals surface area contributed by atoms with Crippen LogP contribution in [0.5, 0.6) is 0 Å². The minimum Gasteiger partial charge on any atom is -0.353 e. The summed E-state index contributed by atoms with van der Waals surface area (Å²) in [5.74, 6) is 1.24. The predicted octanol–water partition coefficient (Wildman–Crippen LogP) is 3.29. The molecule has 2 saturated carbocycles. The highest BCUT2D eigenvalue weighted by Gasteiger charge is 2.57. The van der Waals surface area contributed by atoms with Gasteiger partial charge in [0, 0.05) is 12.0 Å². The van der Waals surface area contributed by atoms with E-state index in [-0.39, 0.29) is 0 Å². The highest BCUT2D eigenvalue weighted by molar-refractivity contribution is 5.83. The van der Waals surface area contributed by atoms with Gasteiger partial charge in [0.2, 0.25) is 5.91 Å². The molecule has 1 aliphatic heterocycles. The first kappa shape index (κ1) is 16.1. The zero-order valence-corrected chi connectivity index (χ0v) is 14.6. The van der Waals surface area contributed by atoms with Gasteiger partial charge in [-0.15, -0.1) is 0 Å². The van der Waals surface area contributed by atoms with Crippen molar-refractivity contribution in [2.45, 2.75) is 57.4 Å². The van der Waals surface area contributed by atoms with Crippen LogP contribution in [-0.4, -0.2) is 25.0 Å². The molecule has 3 unspecified atom stereocenters. The van der Waals surface area contributed by atoms with Crippen LogP contribution in [0.25, 0.3) is 0 Å². The molecule has 1 saturated heterocycles. The molecule has 1 aromatic rings. The third kappa shape index (κ3) is 3.37. The van der Waals surface area contributed by atoms with Gasteiger partial charge in [0.1, 0.15) is 0 Å². The van der Waals surface area contributed by atoms with Crippen LogP contribution in [0.4, 0.5) is 0 Å². The Labute approximate surface area is 145 Å². The number of amides is 1. The van der Waals surface area contributed by atoms with E-state index in [1.165, 1.54) is 37.7 Å². The van der Waals surface area contributed by atoms with Crippen molar-refractivity contribution < 1.29 is 4.79 Å². The summed E-state index contributed by atoms with van der Waals surface area (Å²) in [7, 11) is 0. The molecule has 4 rings (SSSR count). The highest BCUT2D eigenvalue weighted by Crippen LogP contribution is 2.58. The third-order valence-electron chi connectivity index (χ3n) is 6.68. The lowest BCUT2D eigenvalue weighted by atomic mass is 9.80. The second kappa shape index (κ2) is 6.87. The SMILES string of the molecule is O=C(NC1CCCCC1Cc1ccccc1)C1CC12CCNCC2. The maximum Gasteiger partial charge on any atom is 0.223 e. The molecule has 0 aromatic heterocycles. The topological polar surface area (TPSA) is 41.1 Å². The van der Waals surface area contributed by atoms with Gasteiger partial charge in [-0.05, 0) is 68.5 Å². The van der Waals surface area contributed by atoms with E-state index in [2.05, 4.69) is 41.0 Å². The number of nitrogens with one attached hydrogen (secondary N) is 2. The van der Waals surface area contributed by atoms with Crippen molar-refractivity contribution in [2.24, 2.45) is 17.3 Å². The van der Waals surface area contributed by atoms with Gasteiger partial charge in [-0.1, -0.05) is 43.2 Å². The first-order valence-electron chi connectivity index (χ1n) is 9.82. The zero-order chi connectivity index (χ0) is 16.4. The quantitative estimate of drug-likeness (QED) is 0.891. The van der Waals surface area contributed by atoms with Gasteiger partial charge in [0.25, 0.3) is 0 Å². The van der Waals surface area contributed by atoms with Crippen LogP contribution in [0.15, 0.2) is 30.3 Å². The van der Waals surface area contributed by atoms with Gasteiger partial charge in [-0.2, -0.15) is 0 Å². The van der Waals surface area contributed by atoms with Gasteiger partial charge >= 0.3 is 0 Å². The van der Waals surface area contributed by atoms with Gasteiger partial charge < -0.3 is 10.6 Å². The Kier molecular flexibility index (Phi) is 4.62. The van der Waals surface area contributed by atoms with Crippen molar-refractivity contribution in [3.63, 3.8) is 0 Å². The van der Waals surface area contributed by atoms with Crippen LogP contribution in [0.3, 0.4) is 0 Å². The van der Waals surface area contributed by atoms with Crippen LogP contribution >= 0.6 is 0 Å². The van der Waals surface area contributed by atoms with E-state index in [0.29, 0.717) is 29.2 Å². The van der Waals surface area contributed by atoms with Crippen LogP contribution < -0.4 is 10.6 Å². The van der Waals surface area contributed by atoms with Crippen molar-refractivity contribution >= 4 is 5.91 Å². The molecule has 1 amide bonds. The van der Waals surface area contributed by atoms with Crippen LogP contribution in [-0.2, 0) is 11.2 Å². The lowest BCUT2D eigenvalue weighted by Gasteiger charge is -2.33. The molecule has 1 spiro atoms. The number of hydrogen-bond donors (Lipinski definition) is 2. The van der Waals surface area contributed by atoms with E-state index >= 15 is 0 Å². The van der Waals surface area contributed by atoms with Gasteiger partial charge in [0.05, 0.1) is 0 Å². The predicted molar refractivity (Wildman–Crippen MR) is 96.7 cm³/mol. The fourth-order valence-corrected chi connectivity index (χ4v) is 5.04. The third-order valence-corrected chi connectivity index (χ3v) is 6.68. The van der Waals surface area contributed by atoms with Crippen LogP contribution in [0.1, 0.15) is 50.5 Å². The lowest BCUT2D eigenvalue weighted by molar-refractivity contribution is -0.124. The monoisotopic (exact) mass is 326 g/mol. The minimum atomic E-state index is 0.291. The first-order chi connectivity index (χ1) is 11.8. The smallest absolute Gasteiger partial charge is 0.223 e. The molecule has 1 heterocycles. The molecular weight excluding hydrogens is 296 g/mol. The molecule has 1 aromatic carbocycles. The van der Waals surface area contributed by atoms with Crippen molar-refractivity contribution in [1.82, 2.24) is 10.6 Å². The number of carbonyl (C=O) groups is 1. The molecular formula is C21H30N2O. The Morgan fingerprint density at radius 2 is 1.88 bits per heavy atom. The molecule has 3 heteroatoms. The standard InChI is InChI=1S/C21H30N2O/c24-20(18-15-21(18)10-12-22-13-11-21)23-19-9-5-4-8-17(19)14-16-6-2-1-3-7-16/h1-3,6-7,17-19,22H,4-5,8-15H2,(H,23,24). The first-order valence-corrected chi connectivity index (χ1v) is 9.82. The summed E-state index contributed by atoms with van der Waals surface area (Å²) in [5.41, 5.74) is 1.75. The summed E-state index contributed by atoms with van der Waals surface area (Å²) < 4.78 is 0. The lowest BCUT2D eigenvalue weighted by Crippen LogP contribution is -2.44. The summed E-state index contributed by atoms with van der Waals surface area (Å²) in [5, 5.41) is 6.89. The Hall–Kier alpha value is -1.35. The number of carbonyl (C=O) groups excluding carboxylic acids is 1. The van der Waals surface area contributed by atoms with E-state index < -0.39 is 0 Å². The largest absolute Gasteiger partial charge is 0.353 e. The average molecular weight is 326 g/mol. The number of benzene rings is 1. The minimum absolute atomic E-state index is 0.291. The average Bonchev–Trinajstić information content (AvgIpc) is 3.31. The van der Waals surface area contributed by atoms with Gasteiger partial charge in [-0.3, -0.25) is 4.79 Å². The Bertz CT molecular complexity index is 564. The molecule has 3 atom stereocenters. The summed E-state index contributed by atoms with van der Waals surface area (Å²) in [6.07, 6.45) is 9.57. The van der Waals surface area contributed by atoms with E-state index in [1.54, 1.807) is 0 Å². The molecule has 2 aliphatic carbocycles. The van der Waals surface area contributed by atoms with E-state index in [1.807, 2.05) is 0 Å². The number of piperidine rings is 1. The number of rotatable bonds is 4. The van der Waals surface area contributed by atoms with E-state index in [9.17, 15) is 4.79 Å². The van der Waals surface area contributed by atoms with E-state index in [0.717, 1.165) is 32.4 Å². The summed E-state index contributed by atoms with van der Waals surface area (Å²) >= 11 is 0. The highest BCUT2D eigenvalue weighted by atomic mass is 16.2. The van der Waals surface area contributed by atoms with Crippen molar-refractivity contribution in [2.75, 3.05) is 13.1 Å². The van der Waals surface area contributed by atoms with Gasteiger partial charge in [-0.25, -0.2) is 0 Å². The molecule has 0 radical (unpaired) electrons. The summed E-state index contributed by atoms with van der Waals surface area (Å²) in [6, 6.07) is 11.1. The second-order valence-electron chi connectivity index (χ2n) is 8.22. The zero-order valence-electron chi connectivity index (χ0n) is 14.6. The molecule has 0 bridgehead atoms. The molecule has 3 aliphatic rings. The fraction of sp³-hybridized carbons (Fsp3) is 0.667. The molecule has 130 valence electrons. The van der Waals surface area contributed by atoms with E-state index in [4.69, 9.17) is 0 Å². The Morgan fingerprint density at radius 1 is 1.12 bits per heavy atom. The van der Waals surface area contributed by atoms with Crippen LogP contribution in [0, 0.1) is 17.3 Å². The normalized spacial score (nSPS) is 31.6. The summed E-state index contributed by atoms with van der Waals surface area (Å²) in [6.45, 7) is 2.17. The van der Waals surface area contributed by atoms with Crippen molar-refractivity contribution in [3.8, 4) is 0 Å². The summed E-state index contributed by atoms with van der Waals surface area (Å²) in [4.78, 5) is 12.8. The maximum atomic E-state index is 12.8. The molecule has 3 fully saturated rings. The van der Waals surface area contributed by atoms with Crippen molar-refractivity contribution in [3.05, 3.63) is 35.9 Å². The van der Waals surface area contributed by atoms with Crippen LogP contribution in [0.2, 0.25) is 0 Å². The van der Waals surface area contributed by atoms with Crippen molar-refractivity contribution in [1.29, 1.82) is 0 Å². The maximum absolute atomic E-state index is 12.8. The Morgan fingerprint density at radius 3 is 2.67 bits per heavy atom. The molecule has 24 heavy (non-hydrogen) atoms. The van der Waals surface area contributed by atoms with Gasteiger partial charge in [0.15, 0.2) is 0 Å². The fourth-order valence-electron chi connectivity index (χ4n) is 5.04. The molecule has 3 nitrogen and oxygen atoms in total. The second-order valence-corrected chi connectivity index (χ2v) is 8.22.